The molecule has 1 N–H and O–H groups in total. The van der Waals surface area contributed by atoms with Crippen molar-refractivity contribution in [3.8, 4) is 22.1 Å². The van der Waals surface area contributed by atoms with Gasteiger partial charge in [0.15, 0.2) is 11.6 Å². The lowest BCUT2D eigenvalue weighted by Crippen LogP contribution is -2.14. The molecule has 42 heavy (non-hydrogen) atoms. The summed E-state index contributed by atoms with van der Waals surface area (Å²) in [7, 11) is -2.42. The van der Waals surface area contributed by atoms with Crippen LogP contribution in [-0.2, 0) is 28.7 Å². The van der Waals surface area contributed by atoms with Crippen LogP contribution in [0, 0.1) is 5.82 Å². The van der Waals surface area contributed by atoms with Crippen molar-refractivity contribution in [3.05, 3.63) is 102 Å². The van der Waals surface area contributed by atoms with Crippen LogP contribution in [0.15, 0.2) is 79.0 Å². The van der Waals surface area contributed by atoms with Crippen molar-refractivity contribution in [1.82, 2.24) is 15.3 Å². The molecular weight excluding hydrogens is 568 g/mol. The van der Waals surface area contributed by atoms with E-state index in [2.05, 4.69) is 17.2 Å². The third-order valence-electron chi connectivity index (χ3n) is 6.72. The van der Waals surface area contributed by atoms with Crippen molar-refractivity contribution in [2.75, 3.05) is 19.9 Å². The fraction of sp³-hybridized carbons (Fsp3) is 0.242. The molecule has 5 rings (SSSR count). The van der Waals surface area contributed by atoms with Crippen LogP contribution in [0.25, 0.3) is 20.8 Å². The number of halogens is 1. The third kappa shape index (κ3) is 7.37. The Kier molecular flexibility index (Phi) is 9.27. The van der Waals surface area contributed by atoms with Gasteiger partial charge in [0.25, 0.3) is 0 Å². The zero-order valence-corrected chi connectivity index (χ0v) is 25.6. The van der Waals surface area contributed by atoms with Crippen molar-refractivity contribution < 1.29 is 18.5 Å². The van der Waals surface area contributed by atoms with E-state index >= 15 is 4.39 Å². The van der Waals surface area contributed by atoms with Gasteiger partial charge in [0.2, 0.25) is 0 Å². The standard InChI is InChI=1S/C33H33FN3O3PS/c1-4-14-35-21-24-8-6-10-28(37-24)32-20-29-33(42-32)31(13-15-36-29)40-30-12-11-23(19-27(30)34)17-25(38)16-22-7-5-9-26(18-22)41(2,3)39/h5-13,15,18-20,35H,4,14,16-17,21H2,1-3H3. The van der Waals surface area contributed by atoms with Gasteiger partial charge in [0.05, 0.1) is 26.5 Å². The van der Waals surface area contributed by atoms with E-state index in [1.807, 2.05) is 48.5 Å². The highest BCUT2D eigenvalue weighted by molar-refractivity contribution is 7.70. The first-order chi connectivity index (χ1) is 20.2. The number of pyridine rings is 2. The Bertz CT molecular complexity index is 1780. The second-order valence-electron chi connectivity index (χ2n) is 10.6. The minimum atomic E-state index is -2.42. The van der Waals surface area contributed by atoms with Crippen molar-refractivity contribution in [2.24, 2.45) is 0 Å². The summed E-state index contributed by atoms with van der Waals surface area (Å²) in [5.74, 6) is -0.0205. The second kappa shape index (κ2) is 13.1. The number of hydrogen-bond donors (Lipinski definition) is 1. The number of rotatable bonds is 12. The number of nitrogens with zero attached hydrogens (tertiary/aromatic N) is 2. The van der Waals surface area contributed by atoms with Gasteiger partial charge >= 0.3 is 0 Å². The minimum absolute atomic E-state index is 0.0527. The Hall–Kier alpha value is -3.71. The van der Waals surface area contributed by atoms with Crippen LogP contribution >= 0.6 is 18.5 Å². The molecule has 6 nitrogen and oxygen atoms in total. The zero-order chi connectivity index (χ0) is 29.7. The number of ether oxygens (including phenoxy) is 1. The number of fused-ring (bicyclic) bond motifs is 1. The van der Waals surface area contributed by atoms with E-state index in [0.717, 1.165) is 50.3 Å². The van der Waals surface area contributed by atoms with Gasteiger partial charge in [-0.3, -0.25) is 14.8 Å². The molecule has 0 saturated carbocycles. The van der Waals surface area contributed by atoms with E-state index in [-0.39, 0.29) is 24.4 Å². The fourth-order valence-corrected chi connectivity index (χ4v) is 6.56. The monoisotopic (exact) mass is 601 g/mol. The topological polar surface area (TPSA) is 81.2 Å². The summed E-state index contributed by atoms with van der Waals surface area (Å²) in [5, 5.41) is 4.12. The maximum Gasteiger partial charge on any atom is 0.166 e. The van der Waals surface area contributed by atoms with Crippen LogP contribution in [0.1, 0.15) is 30.2 Å². The van der Waals surface area contributed by atoms with E-state index in [1.54, 1.807) is 37.7 Å². The Labute approximate surface area is 249 Å². The predicted octanol–water partition coefficient (Wildman–Crippen LogP) is 7.39. The maximum absolute atomic E-state index is 15.1. The Balaban J connectivity index is 1.29. The van der Waals surface area contributed by atoms with E-state index in [9.17, 15) is 9.36 Å². The van der Waals surface area contributed by atoms with Crippen LogP contribution in [0.2, 0.25) is 0 Å². The molecule has 0 atom stereocenters. The molecule has 0 aliphatic rings. The molecule has 5 aromatic rings. The molecule has 216 valence electrons. The van der Waals surface area contributed by atoms with E-state index in [1.165, 1.54) is 17.4 Å². The summed E-state index contributed by atoms with van der Waals surface area (Å²) in [5.41, 5.74) is 3.93. The number of carbonyl (C=O) groups excluding carboxylic acids is 1. The molecule has 2 aromatic carbocycles. The highest BCUT2D eigenvalue weighted by atomic mass is 32.1. The summed E-state index contributed by atoms with van der Waals surface area (Å²) in [6.07, 6.45) is 2.98. The molecule has 0 spiro atoms. The molecule has 0 fully saturated rings. The first kappa shape index (κ1) is 29.8. The number of ketones is 1. The van der Waals surface area contributed by atoms with Crippen molar-refractivity contribution in [3.63, 3.8) is 0 Å². The number of carbonyl (C=O) groups is 1. The zero-order valence-electron chi connectivity index (χ0n) is 23.9. The molecule has 9 heteroatoms. The predicted molar refractivity (Wildman–Crippen MR) is 169 cm³/mol. The number of thiophene rings is 1. The number of nitrogens with one attached hydrogen (secondary N) is 1. The molecule has 0 aliphatic carbocycles. The van der Waals surface area contributed by atoms with E-state index in [4.69, 9.17) is 9.72 Å². The van der Waals surface area contributed by atoms with Gasteiger partial charge in [-0.05, 0) is 73.8 Å². The Morgan fingerprint density at radius 1 is 0.976 bits per heavy atom. The highest BCUT2D eigenvalue weighted by Gasteiger charge is 2.16. The number of benzene rings is 2. The number of Topliss-reactive ketones (excluding diaryl/α,β-unsaturated/α-hetero) is 1. The van der Waals surface area contributed by atoms with Gasteiger partial charge in [-0.25, -0.2) is 4.39 Å². The summed E-state index contributed by atoms with van der Waals surface area (Å²) in [4.78, 5) is 23.0. The average Bonchev–Trinajstić information content (AvgIpc) is 3.40. The van der Waals surface area contributed by atoms with Crippen molar-refractivity contribution in [2.45, 2.75) is 32.7 Å². The first-order valence-corrected chi connectivity index (χ1v) is 17.3. The van der Waals surface area contributed by atoms with Crippen molar-refractivity contribution >= 4 is 39.8 Å². The van der Waals surface area contributed by atoms with Crippen LogP contribution < -0.4 is 15.4 Å². The van der Waals surface area contributed by atoms with Gasteiger partial charge in [-0.15, -0.1) is 11.3 Å². The quantitative estimate of drug-likeness (QED) is 0.119. The molecule has 0 radical (unpaired) electrons. The fourth-order valence-electron chi connectivity index (χ4n) is 4.60. The SMILES string of the molecule is CCCNCc1cccc(-c2cc3nccc(Oc4ccc(CC(=O)Cc5cccc(P(C)(C)=O)c5)cc4F)c3s2)n1. The third-order valence-corrected chi connectivity index (χ3v) is 9.40. The maximum atomic E-state index is 15.1. The van der Waals surface area contributed by atoms with E-state index < -0.39 is 13.0 Å². The van der Waals surface area contributed by atoms with Gasteiger partial charge in [-0.1, -0.05) is 37.3 Å². The van der Waals surface area contributed by atoms with Crippen LogP contribution in [0.3, 0.4) is 0 Å². The molecular formula is C33H33FN3O3PS. The molecule has 3 aromatic heterocycles. The number of hydrogen-bond acceptors (Lipinski definition) is 7. The second-order valence-corrected chi connectivity index (χ2v) is 14.9. The minimum Gasteiger partial charge on any atom is -0.453 e. The first-order valence-electron chi connectivity index (χ1n) is 13.9. The summed E-state index contributed by atoms with van der Waals surface area (Å²) < 4.78 is 34.3. The summed E-state index contributed by atoms with van der Waals surface area (Å²) in [6, 6.07) is 21.6. The van der Waals surface area contributed by atoms with Gasteiger partial charge in [-0.2, -0.15) is 0 Å². The molecule has 0 aliphatic heterocycles. The van der Waals surface area contributed by atoms with Crippen molar-refractivity contribution in [1.29, 1.82) is 0 Å². The molecule has 0 unspecified atom stereocenters. The Morgan fingerprint density at radius 3 is 2.52 bits per heavy atom. The highest BCUT2D eigenvalue weighted by Crippen LogP contribution is 2.39. The van der Waals surface area contributed by atoms with Gasteiger partial charge in [0, 0.05) is 37.0 Å². The Morgan fingerprint density at radius 2 is 1.76 bits per heavy atom. The largest absolute Gasteiger partial charge is 0.453 e. The lowest BCUT2D eigenvalue weighted by molar-refractivity contribution is -0.117. The summed E-state index contributed by atoms with van der Waals surface area (Å²) in [6.45, 7) is 7.18. The molecule has 0 amide bonds. The van der Waals surface area contributed by atoms with Crippen LogP contribution in [0.5, 0.6) is 11.5 Å². The average molecular weight is 602 g/mol. The number of aromatic nitrogens is 2. The van der Waals surface area contributed by atoms with Gasteiger partial charge in [0.1, 0.15) is 18.7 Å². The smallest absolute Gasteiger partial charge is 0.166 e. The lowest BCUT2D eigenvalue weighted by atomic mass is 10.0. The molecule has 0 saturated heterocycles. The normalized spacial score (nSPS) is 11.6. The van der Waals surface area contributed by atoms with Crippen LogP contribution in [0.4, 0.5) is 4.39 Å². The van der Waals surface area contributed by atoms with Gasteiger partial charge < -0.3 is 14.6 Å². The summed E-state index contributed by atoms with van der Waals surface area (Å²) >= 11 is 1.50. The molecule has 3 heterocycles. The van der Waals surface area contributed by atoms with Crippen LogP contribution in [-0.4, -0.2) is 35.6 Å². The lowest BCUT2D eigenvalue weighted by Gasteiger charge is -2.10. The molecule has 0 bridgehead atoms. The van der Waals surface area contributed by atoms with E-state index in [0.29, 0.717) is 17.9 Å².